The molecule has 4 N–H and O–H groups in total. The van der Waals surface area contributed by atoms with Crippen molar-refractivity contribution in [3.63, 3.8) is 0 Å². The summed E-state index contributed by atoms with van der Waals surface area (Å²) in [6, 6.07) is 8.09. The third-order valence-corrected chi connectivity index (χ3v) is 5.41. The zero-order valence-corrected chi connectivity index (χ0v) is 16.5. The molecular formula is C21H26O8. The van der Waals surface area contributed by atoms with Gasteiger partial charge in [-0.1, -0.05) is 6.07 Å². The van der Waals surface area contributed by atoms with E-state index in [4.69, 9.17) is 18.9 Å². The molecule has 0 aliphatic carbocycles. The molecule has 1 aliphatic heterocycles. The summed E-state index contributed by atoms with van der Waals surface area (Å²) >= 11 is 0. The van der Waals surface area contributed by atoms with Crippen LogP contribution in [0.4, 0.5) is 0 Å². The van der Waals surface area contributed by atoms with E-state index in [9.17, 15) is 20.4 Å². The molecule has 0 saturated carbocycles. The normalized spacial score (nSPS) is 23.8. The zero-order chi connectivity index (χ0) is 21.1. The lowest BCUT2D eigenvalue weighted by molar-refractivity contribution is 0.0182. The Bertz CT molecular complexity index is 828. The SMILES string of the molecule is COc1cc([C@@H]2O[C@@H](c3cc(OC)c(O)c(OC)c3)[C@H](CO)[C@H]2CO)ccc1O. The van der Waals surface area contributed by atoms with Crippen molar-refractivity contribution in [3.05, 3.63) is 41.5 Å². The number of benzene rings is 2. The van der Waals surface area contributed by atoms with E-state index in [2.05, 4.69) is 0 Å². The lowest BCUT2D eigenvalue weighted by Crippen LogP contribution is -2.23. The van der Waals surface area contributed by atoms with E-state index in [0.29, 0.717) is 16.9 Å². The van der Waals surface area contributed by atoms with Crippen molar-refractivity contribution < 1.29 is 39.4 Å². The molecule has 0 bridgehead atoms. The van der Waals surface area contributed by atoms with E-state index in [0.717, 1.165) is 0 Å². The van der Waals surface area contributed by atoms with E-state index < -0.39 is 24.0 Å². The highest BCUT2D eigenvalue weighted by Crippen LogP contribution is 2.51. The van der Waals surface area contributed by atoms with Gasteiger partial charge in [0.2, 0.25) is 5.75 Å². The fourth-order valence-corrected chi connectivity index (χ4v) is 3.87. The maximum atomic E-state index is 10.2. The van der Waals surface area contributed by atoms with Crippen LogP contribution >= 0.6 is 0 Å². The first-order valence-electron chi connectivity index (χ1n) is 9.17. The largest absolute Gasteiger partial charge is 0.504 e. The lowest BCUT2D eigenvalue weighted by atomic mass is 9.83. The second-order valence-electron chi connectivity index (χ2n) is 6.88. The number of aliphatic hydroxyl groups is 2. The molecule has 3 rings (SSSR count). The van der Waals surface area contributed by atoms with Gasteiger partial charge < -0.3 is 39.4 Å². The van der Waals surface area contributed by atoms with Crippen LogP contribution in [0.3, 0.4) is 0 Å². The third-order valence-electron chi connectivity index (χ3n) is 5.41. The Labute approximate surface area is 168 Å². The average molecular weight is 406 g/mol. The molecular weight excluding hydrogens is 380 g/mol. The van der Waals surface area contributed by atoms with Gasteiger partial charge in [0.05, 0.1) is 33.5 Å². The Morgan fingerprint density at radius 3 is 1.72 bits per heavy atom. The number of methoxy groups -OCH3 is 3. The molecule has 8 heteroatoms. The molecule has 1 heterocycles. The van der Waals surface area contributed by atoms with Gasteiger partial charge in [-0.3, -0.25) is 0 Å². The van der Waals surface area contributed by atoms with Crippen molar-refractivity contribution in [2.24, 2.45) is 11.8 Å². The van der Waals surface area contributed by atoms with Gasteiger partial charge in [-0.05, 0) is 35.4 Å². The van der Waals surface area contributed by atoms with Gasteiger partial charge >= 0.3 is 0 Å². The molecule has 0 aromatic heterocycles. The molecule has 0 spiro atoms. The number of hydrogen-bond donors (Lipinski definition) is 4. The summed E-state index contributed by atoms with van der Waals surface area (Å²) in [5, 5.41) is 40.1. The standard InChI is InChI=1S/C21H26O8/c1-26-16-6-11(4-5-15(16)24)20-13(9-22)14(10-23)21(29-20)12-7-17(27-2)19(25)18(8-12)28-3/h4-8,13-14,20-25H,9-10H2,1-3H3/t13-,14-,20+,21+/m1/s1. The van der Waals surface area contributed by atoms with Gasteiger partial charge in [0.25, 0.3) is 0 Å². The minimum absolute atomic E-state index is 0.00180. The van der Waals surface area contributed by atoms with Crippen LogP contribution < -0.4 is 14.2 Å². The van der Waals surface area contributed by atoms with E-state index in [1.807, 2.05) is 0 Å². The molecule has 29 heavy (non-hydrogen) atoms. The smallest absolute Gasteiger partial charge is 0.200 e. The van der Waals surface area contributed by atoms with Crippen LogP contribution in [0, 0.1) is 11.8 Å². The lowest BCUT2D eigenvalue weighted by Gasteiger charge is -2.21. The van der Waals surface area contributed by atoms with Crippen LogP contribution in [0.1, 0.15) is 23.3 Å². The van der Waals surface area contributed by atoms with Crippen LogP contribution in [0.25, 0.3) is 0 Å². The fourth-order valence-electron chi connectivity index (χ4n) is 3.87. The molecule has 1 saturated heterocycles. The van der Waals surface area contributed by atoms with Crippen LogP contribution in [-0.4, -0.2) is 55.0 Å². The van der Waals surface area contributed by atoms with Crippen LogP contribution in [0.2, 0.25) is 0 Å². The predicted octanol–water partition coefficient (Wildman–Crippen LogP) is 2.15. The number of aliphatic hydroxyl groups excluding tert-OH is 2. The molecule has 8 nitrogen and oxygen atoms in total. The van der Waals surface area contributed by atoms with Gasteiger partial charge in [-0.2, -0.15) is 0 Å². The zero-order valence-electron chi connectivity index (χ0n) is 16.5. The maximum Gasteiger partial charge on any atom is 0.200 e. The summed E-state index contributed by atoms with van der Waals surface area (Å²) in [5.41, 5.74) is 1.35. The molecule has 1 fully saturated rings. The number of rotatable bonds is 7. The van der Waals surface area contributed by atoms with Gasteiger partial charge in [0, 0.05) is 25.0 Å². The fraction of sp³-hybridized carbons (Fsp3) is 0.429. The van der Waals surface area contributed by atoms with Gasteiger partial charge in [0.15, 0.2) is 23.0 Å². The molecule has 2 aromatic carbocycles. The molecule has 0 unspecified atom stereocenters. The Morgan fingerprint density at radius 1 is 0.759 bits per heavy atom. The number of aromatic hydroxyl groups is 2. The van der Waals surface area contributed by atoms with E-state index >= 15 is 0 Å². The van der Waals surface area contributed by atoms with E-state index in [1.54, 1.807) is 24.3 Å². The maximum absolute atomic E-state index is 10.2. The van der Waals surface area contributed by atoms with Crippen LogP contribution in [-0.2, 0) is 4.74 Å². The summed E-state index contributed by atoms with van der Waals surface area (Å²) in [6.45, 7) is -0.422. The molecule has 4 atom stereocenters. The molecule has 2 aromatic rings. The molecule has 158 valence electrons. The first-order chi connectivity index (χ1) is 14.0. The minimum Gasteiger partial charge on any atom is -0.504 e. The topological polar surface area (TPSA) is 118 Å². The van der Waals surface area contributed by atoms with Crippen molar-refractivity contribution in [3.8, 4) is 28.7 Å². The number of phenolic OH excluding ortho intramolecular Hbond substituents is 2. The highest BCUT2D eigenvalue weighted by Gasteiger charge is 2.45. The highest BCUT2D eigenvalue weighted by molar-refractivity contribution is 5.53. The van der Waals surface area contributed by atoms with Crippen LogP contribution in [0.15, 0.2) is 30.3 Å². The minimum atomic E-state index is -0.578. The summed E-state index contributed by atoms with van der Waals surface area (Å²) in [7, 11) is 4.31. The van der Waals surface area contributed by atoms with Crippen molar-refractivity contribution >= 4 is 0 Å². The number of hydrogen-bond acceptors (Lipinski definition) is 8. The van der Waals surface area contributed by atoms with Crippen molar-refractivity contribution in [2.75, 3.05) is 34.5 Å². The molecule has 0 amide bonds. The van der Waals surface area contributed by atoms with Gasteiger partial charge in [-0.25, -0.2) is 0 Å². The van der Waals surface area contributed by atoms with Gasteiger partial charge in [-0.15, -0.1) is 0 Å². The van der Waals surface area contributed by atoms with Crippen LogP contribution in [0.5, 0.6) is 28.7 Å². The summed E-state index contributed by atoms with van der Waals surface area (Å²) < 4.78 is 21.9. The number of phenols is 2. The van der Waals surface area contributed by atoms with Crippen molar-refractivity contribution in [2.45, 2.75) is 12.2 Å². The van der Waals surface area contributed by atoms with E-state index in [1.165, 1.54) is 27.4 Å². The Hall–Kier alpha value is -2.68. The third kappa shape index (κ3) is 3.78. The second kappa shape index (κ2) is 8.77. The Kier molecular flexibility index (Phi) is 6.36. The quantitative estimate of drug-likeness (QED) is 0.553. The monoisotopic (exact) mass is 406 g/mol. The molecule has 1 aliphatic rings. The number of ether oxygens (including phenoxy) is 4. The highest BCUT2D eigenvalue weighted by atomic mass is 16.5. The van der Waals surface area contributed by atoms with Gasteiger partial charge in [0.1, 0.15) is 0 Å². The summed E-state index contributed by atoms with van der Waals surface area (Å²) in [4.78, 5) is 0. The van der Waals surface area contributed by atoms with Crippen molar-refractivity contribution in [1.82, 2.24) is 0 Å². The average Bonchev–Trinajstić information content (AvgIpc) is 3.12. The summed E-state index contributed by atoms with van der Waals surface area (Å²) in [5.74, 6) is -0.215. The van der Waals surface area contributed by atoms with E-state index in [-0.39, 0.29) is 36.2 Å². The Balaban J connectivity index is 2.03. The summed E-state index contributed by atoms with van der Waals surface area (Å²) in [6.07, 6.45) is -1.12. The Morgan fingerprint density at radius 2 is 1.24 bits per heavy atom. The first-order valence-corrected chi connectivity index (χ1v) is 9.17. The first kappa shape index (κ1) is 21.0. The molecule has 0 radical (unpaired) electrons. The predicted molar refractivity (Wildman–Crippen MR) is 104 cm³/mol. The second-order valence-corrected chi connectivity index (χ2v) is 6.88. The van der Waals surface area contributed by atoms with Crippen molar-refractivity contribution in [1.29, 1.82) is 0 Å².